The van der Waals surface area contributed by atoms with E-state index in [9.17, 15) is 14.9 Å². The van der Waals surface area contributed by atoms with Crippen molar-refractivity contribution in [1.29, 1.82) is 0 Å². The third kappa shape index (κ3) is 2.57. The minimum Gasteiger partial charge on any atom is -0.390 e. The summed E-state index contributed by atoms with van der Waals surface area (Å²) in [5.74, 6) is 0.112. The van der Waals surface area contributed by atoms with Gasteiger partial charge in [0.1, 0.15) is 0 Å². The molecule has 18 heavy (non-hydrogen) atoms. The van der Waals surface area contributed by atoms with E-state index in [2.05, 4.69) is 31.4 Å². The molecule has 3 heterocycles. The van der Waals surface area contributed by atoms with E-state index >= 15 is 0 Å². The van der Waals surface area contributed by atoms with Crippen LogP contribution in [-0.4, -0.2) is 53.5 Å². The van der Waals surface area contributed by atoms with Crippen LogP contribution >= 0.6 is 0 Å². The Hall–Kier alpha value is -2.99. The Balaban J connectivity index is 0.000000134. The second-order valence-electron chi connectivity index (χ2n) is 3.01. The van der Waals surface area contributed by atoms with Crippen molar-refractivity contribution in [1.82, 2.24) is 35.5 Å². The maximum atomic E-state index is 10.1. The maximum absolute atomic E-state index is 10.1. The van der Waals surface area contributed by atoms with Crippen molar-refractivity contribution in [2.45, 2.75) is 0 Å². The summed E-state index contributed by atoms with van der Waals surface area (Å²) in [7, 11) is 0. The van der Waals surface area contributed by atoms with E-state index in [1.807, 2.05) is 10.1 Å². The van der Waals surface area contributed by atoms with E-state index in [-0.39, 0.29) is 0 Å². The molecule has 0 radical (unpaired) electrons. The molecule has 0 saturated heterocycles. The number of nitrogens with one attached hydrogen (secondary N) is 4. The number of aromatic amines is 2. The van der Waals surface area contributed by atoms with Gasteiger partial charge in [0.2, 0.25) is 0 Å². The summed E-state index contributed by atoms with van der Waals surface area (Å²) in [6.45, 7) is 1.73. The topological polar surface area (TPSA) is 172 Å². The lowest BCUT2D eigenvalue weighted by atomic mass is 10.6. The average Bonchev–Trinajstić information content (AvgIpc) is 2.97. The molecule has 1 aliphatic rings. The van der Waals surface area contributed by atoms with Crippen LogP contribution in [0.4, 0.5) is 11.9 Å². The van der Waals surface area contributed by atoms with Gasteiger partial charge in [-0.1, -0.05) is 5.10 Å². The number of anilines is 1. The first-order chi connectivity index (χ1) is 8.66. The summed E-state index contributed by atoms with van der Waals surface area (Å²) < 4.78 is 0. The van der Waals surface area contributed by atoms with E-state index in [0.717, 1.165) is 13.1 Å². The third-order valence-corrected chi connectivity index (χ3v) is 1.80. The van der Waals surface area contributed by atoms with Gasteiger partial charge in [-0.25, -0.2) is 4.79 Å². The first-order valence-electron chi connectivity index (χ1n) is 4.72. The van der Waals surface area contributed by atoms with E-state index in [0.29, 0.717) is 5.95 Å². The number of nitro groups is 1. The normalized spacial score (nSPS) is 12.4. The summed E-state index contributed by atoms with van der Waals surface area (Å²) in [4.78, 5) is 22.5. The van der Waals surface area contributed by atoms with Gasteiger partial charge in [-0.15, -0.1) is 9.89 Å². The largest absolute Gasteiger partial charge is 0.457 e. The van der Waals surface area contributed by atoms with Crippen molar-refractivity contribution in [3.05, 3.63) is 20.6 Å². The summed E-state index contributed by atoms with van der Waals surface area (Å²) in [5, 5.41) is 28.4. The Morgan fingerprint density at radius 3 is 2.78 bits per heavy atom. The van der Waals surface area contributed by atoms with Crippen molar-refractivity contribution in [2.75, 3.05) is 23.8 Å². The lowest BCUT2D eigenvalue weighted by molar-refractivity contribution is -0.394. The Morgan fingerprint density at radius 1 is 1.39 bits per heavy atom. The van der Waals surface area contributed by atoms with E-state index in [1.165, 1.54) is 4.79 Å². The highest BCUT2D eigenvalue weighted by Crippen LogP contribution is 1.97. The van der Waals surface area contributed by atoms with Gasteiger partial charge >= 0.3 is 11.6 Å². The summed E-state index contributed by atoms with van der Waals surface area (Å²) in [6.07, 6.45) is 0. The Kier molecular flexibility index (Phi) is 3.13. The molecule has 2 aromatic heterocycles. The zero-order valence-electron chi connectivity index (χ0n) is 8.82. The lowest BCUT2D eigenvalue weighted by Gasteiger charge is -2.13. The van der Waals surface area contributed by atoms with Crippen molar-refractivity contribution >= 4 is 11.9 Å². The fraction of sp³-hybridized carbons (Fsp3) is 0.400. The zero-order chi connectivity index (χ0) is 13.0. The summed E-state index contributed by atoms with van der Waals surface area (Å²) in [5.41, 5.74) is 2.28. The number of fused-ring (bicyclic) bond motifs is 1. The zero-order valence-corrected chi connectivity index (χ0v) is 8.82. The molecule has 0 atom stereocenters. The van der Waals surface area contributed by atoms with E-state index in [1.54, 1.807) is 0 Å². The van der Waals surface area contributed by atoms with E-state index < -0.39 is 16.6 Å². The molecule has 4 N–H and O–H groups in total. The molecule has 13 nitrogen and oxygen atoms in total. The second kappa shape index (κ2) is 4.89. The minimum atomic E-state index is -0.794. The smallest absolute Gasteiger partial charge is 0.390 e. The first-order valence-corrected chi connectivity index (χ1v) is 4.72. The molecular weight excluding hydrogens is 248 g/mol. The fourth-order valence-corrected chi connectivity index (χ4v) is 1.09. The number of H-pyrrole nitrogens is 2. The van der Waals surface area contributed by atoms with Crippen molar-refractivity contribution in [2.24, 2.45) is 0 Å². The molecular formula is C5H8N10O3. The molecule has 0 aliphatic carbocycles. The molecule has 0 spiro atoms. The number of rotatable bonds is 1. The molecule has 1 aliphatic heterocycles. The summed E-state index contributed by atoms with van der Waals surface area (Å²) in [6, 6.07) is 0. The molecule has 0 amide bonds. The van der Waals surface area contributed by atoms with Gasteiger partial charge in [0.15, 0.2) is 0 Å². The van der Waals surface area contributed by atoms with Gasteiger partial charge in [-0.3, -0.25) is 0 Å². The highest BCUT2D eigenvalue weighted by Gasteiger charge is 2.07. The van der Waals surface area contributed by atoms with Crippen LogP contribution in [0.2, 0.25) is 0 Å². The quantitative estimate of drug-likeness (QED) is 0.321. The number of aromatic nitrogens is 7. The van der Waals surface area contributed by atoms with Crippen LogP contribution in [0.15, 0.2) is 4.79 Å². The number of hydrogen-bond donors (Lipinski definition) is 4. The van der Waals surface area contributed by atoms with Crippen LogP contribution in [0, 0.1) is 10.1 Å². The highest BCUT2D eigenvalue weighted by molar-refractivity contribution is 5.24. The predicted octanol–water partition coefficient (Wildman–Crippen LogP) is -2.35. The Morgan fingerprint density at radius 2 is 2.22 bits per heavy atom. The lowest BCUT2D eigenvalue weighted by Crippen LogP contribution is -2.30. The molecule has 0 fully saturated rings. The molecule has 3 rings (SSSR count). The molecule has 96 valence electrons. The molecule has 0 unspecified atom stereocenters. The van der Waals surface area contributed by atoms with Crippen LogP contribution in [-0.2, 0) is 0 Å². The van der Waals surface area contributed by atoms with Crippen LogP contribution in [0.5, 0.6) is 0 Å². The Bertz CT molecular complexity index is 562. The fourth-order valence-electron chi connectivity index (χ4n) is 1.09. The van der Waals surface area contributed by atoms with Crippen LogP contribution < -0.4 is 16.4 Å². The molecule has 2 aromatic rings. The Labute approximate surface area is 97.7 Å². The van der Waals surface area contributed by atoms with Gasteiger partial charge in [-0.2, -0.15) is 4.98 Å². The molecule has 0 saturated carbocycles. The second-order valence-corrected chi connectivity index (χ2v) is 3.01. The van der Waals surface area contributed by atoms with Crippen LogP contribution in [0.1, 0.15) is 0 Å². The monoisotopic (exact) mass is 256 g/mol. The van der Waals surface area contributed by atoms with Crippen molar-refractivity contribution in [3.8, 4) is 0 Å². The molecule has 0 aromatic carbocycles. The van der Waals surface area contributed by atoms with Crippen LogP contribution in [0.25, 0.3) is 0 Å². The third-order valence-electron chi connectivity index (χ3n) is 1.80. The minimum absolute atomic E-state index is 0.569. The maximum Gasteiger partial charge on any atom is 0.457 e. The number of hydrogen-bond acceptors (Lipinski definition) is 9. The number of nitrogens with zero attached hydrogens (tertiary/aromatic N) is 6. The van der Waals surface area contributed by atoms with Gasteiger partial charge in [0.25, 0.3) is 5.95 Å². The van der Waals surface area contributed by atoms with Gasteiger partial charge in [0.05, 0.1) is 6.54 Å². The average molecular weight is 256 g/mol. The highest BCUT2D eigenvalue weighted by atomic mass is 16.6. The van der Waals surface area contributed by atoms with Gasteiger partial charge in [0, 0.05) is 11.6 Å². The van der Waals surface area contributed by atoms with Crippen molar-refractivity contribution in [3.63, 3.8) is 0 Å². The van der Waals surface area contributed by atoms with Crippen LogP contribution in [0.3, 0.4) is 0 Å². The molecule has 13 heteroatoms. The van der Waals surface area contributed by atoms with E-state index in [4.69, 9.17) is 0 Å². The predicted molar refractivity (Wildman–Crippen MR) is 56.4 cm³/mol. The SMILES string of the molecule is C1CNn2nnnc2N1.O=c1[nH]nc([N+](=O)[O-])[nH]1. The van der Waals surface area contributed by atoms with Gasteiger partial charge in [-0.05, 0) is 15.4 Å². The van der Waals surface area contributed by atoms with Gasteiger partial charge < -0.3 is 20.9 Å². The van der Waals surface area contributed by atoms with Crippen molar-refractivity contribution < 1.29 is 4.92 Å². The number of tetrazole rings is 1. The summed E-state index contributed by atoms with van der Waals surface area (Å²) >= 11 is 0. The first kappa shape index (κ1) is 11.5. The molecule has 0 bridgehead atoms. The standard InChI is InChI=1S/C3H6N6.C2H2N4O3/c1-2-5-9-3(4-1)6-7-8-9;7-2-3-1(4-5-2)6(8)9/h5H,1-2H2,(H,4,6,8);(H2,3,4,5,7).